The number of aromatic nitrogens is 2. The van der Waals surface area contributed by atoms with Gasteiger partial charge in [-0.3, -0.25) is 19.5 Å². The van der Waals surface area contributed by atoms with Crippen molar-refractivity contribution in [3.8, 4) is 0 Å². The number of furan rings is 1. The number of rotatable bonds is 3. The minimum Gasteiger partial charge on any atom is -0.467 e. The zero-order chi connectivity index (χ0) is 16.7. The fourth-order valence-corrected chi connectivity index (χ4v) is 3.11. The number of benzene rings is 1. The number of nitrogens with zero attached hydrogens (tertiary/aromatic N) is 2. The number of amides is 1. The minimum absolute atomic E-state index is 0.199. The highest BCUT2D eigenvalue weighted by atomic mass is 16.5. The minimum atomic E-state index is -1.04. The van der Waals surface area contributed by atoms with Crippen LogP contribution in [0.5, 0.6) is 0 Å². The summed E-state index contributed by atoms with van der Waals surface area (Å²) in [6, 6.07) is 10.3. The van der Waals surface area contributed by atoms with Crippen molar-refractivity contribution in [3.63, 3.8) is 0 Å². The van der Waals surface area contributed by atoms with Gasteiger partial charge in [0.2, 0.25) is 11.9 Å². The molecule has 122 valence electrons. The van der Waals surface area contributed by atoms with Gasteiger partial charge < -0.3 is 9.15 Å². The van der Waals surface area contributed by atoms with Crippen molar-refractivity contribution in [2.45, 2.75) is 13.0 Å². The van der Waals surface area contributed by atoms with E-state index in [1.165, 1.54) is 6.26 Å². The van der Waals surface area contributed by atoms with E-state index >= 15 is 0 Å². The molecule has 0 bridgehead atoms. The zero-order valence-electron chi connectivity index (χ0n) is 12.9. The molecule has 1 N–H and O–H groups in total. The fraction of sp³-hybridized carbons (Fsp3) is 0.235. The van der Waals surface area contributed by atoms with Crippen LogP contribution in [0, 0.1) is 5.92 Å². The van der Waals surface area contributed by atoms with Gasteiger partial charge in [-0.15, -0.1) is 0 Å². The van der Waals surface area contributed by atoms with Crippen molar-refractivity contribution >= 4 is 28.9 Å². The first-order valence-electron chi connectivity index (χ1n) is 7.68. The van der Waals surface area contributed by atoms with Gasteiger partial charge in [-0.1, -0.05) is 12.1 Å². The maximum Gasteiger partial charge on any atom is 0.321 e. The summed E-state index contributed by atoms with van der Waals surface area (Å²) in [7, 11) is 0. The molecule has 1 aromatic carbocycles. The second kappa shape index (κ2) is 5.52. The van der Waals surface area contributed by atoms with Crippen molar-refractivity contribution in [1.29, 1.82) is 0 Å². The van der Waals surface area contributed by atoms with E-state index in [1.54, 1.807) is 19.1 Å². The van der Waals surface area contributed by atoms with Gasteiger partial charge in [0.05, 0.1) is 23.9 Å². The van der Waals surface area contributed by atoms with Crippen LogP contribution in [-0.4, -0.2) is 28.0 Å². The van der Waals surface area contributed by atoms with Crippen LogP contribution in [0.4, 0.5) is 5.95 Å². The number of carbonyl (C=O) groups excluding carboxylic acids is 2. The van der Waals surface area contributed by atoms with Crippen molar-refractivity contribution in [1.82, 2.24) is 9.55 Å². The van der Waals surface area contributed by atoms with Crippen LogP contribution in [0.25, 0.3) is 11.0 Å². The van der Waals surface area contributed by atoms with Gasteiger partial charge in [0.25, 0.3) is 0 Å². The van der Waals surface area contributed by atoms with Gasteiger partial charge >= 0.3 is 5.97 Å². The van der Waals surface area contributed by atoms with Gasteiger partial charge in [0.1, 0.15) is 11.8 Å². The predicted molar refractivity (Wildman–Crippen MR) is 85.3 cm³/mol. The third kappa shape index (κ3) is 2.09. The normalized spacial score (nSPS) is 19.8. The Hall–Kier alpha value is -3.09. The van der Waals surface area contributed by atoms with Crippen LogP contribution in [0.2, 0.25) is 0 Å². The molecule has 1 aliphatic heterocycles. The molecule has 7 nitrogen and oxygen atoms in total. The highest BCUT2D eigenvalue weighted by Gasteiger charge is 2.45. The molecule has 2 unspecified atom stereocenters. The largest absolute Gasteiger partial charge is 0.467 e. The van der Waals surface area contributed by atoms with Crippen molar-refractivity contribution in [3.05, 3.63) is 48.4 Å². The quantitative estimate of drug-likeness (QED) is 0.590. The van der Waals surface area contributed by atoms with Crippen LogP contribution < -0.4 is 5.32 Å². The van der Waals surface area contributed by atoms with Gasteiger partial charge in [-0.05, 0) is 31.2 Å². The third-order valence-electron chi connectivity index (χ3n) is 4.08. The van der Waals surface area contributed by atoms with Crippen LogP contribution in [0.15, 0.2) is 47.1 Å². The summed E-state index contributed by atoms with van der Waals surface area (Å²) in [5.74, 6) is -1.17. The average Bonchev–Trinajstić information content (AvgIpc) is 3.21. The summed E-state index contributed by atoms with van der Waals surface area (Å²) in [6.07, 6.45) is 1.52. The van der Waals surface area contributed by atoms with Crippen molar-refractivity contribution in [2.24, 2.45) is 5.92 Å². The number of nitrogens with one attached hydrogen (secondary N) is 1. The highest BCUT2D eigenvalue weighted by Crippen LogP contribution is 2.38. The number of fused-ring (bicyclic) bond motifs is 3. The molecule has 3 aromatic rings. The van der Waals surface area contributed by atoms with E-state index in [0.29, 0.717) is 11.7 Å². The Balaban J connectivity index is 1.95. The summed E-state index contributed by atoms with van der Waals surface area (Å²) < 4.78 is 12.4. The molecule has 24 heavy (non-hydrogen) atoms. The van der Waals surface area contributed by atoms with Gasteiger partial charge in [0.15, 0.2) is 5.92 Å². The van der Waals surface area contributed by atoms with E-state index in [9.17, 15) is 9.59 Å². The number of carbonyl (C=O) groups is 2. The Kier molecular flexibility index (Phi) is 3.34. The van der Waals surface area contributed by atoms with Gasteiger partial charge in [0, 0.05) is 0 Å². The van der Waals surface area contributed by atoms with Crippen LogP contribution in [0.1, 0.15) is 18.7 Å². The van der Waals surface area contributed by atoms with Crippen LogP contribution in [-0.2, 0) is 14.3 Å². The number of hydrogen-bond donors (Lipinski definition) is 1. The number of esters is 1. The standard InChI is InChI=1S/C17H15N3O4/c1-2-23-16(22)13-14(12-8-5-9-24-12)20-11-7-4-3-6-10(11)18-17(20)19-15(13)21/h3-9,13-14H,2H2,1H3,(H,18,19,21). The number of hydrogen-bond acceptors (Lipinski definition) is 5. The lowest BCUT2D eigenvalue weighted by Gasteiger charge is -2.30. The van der Waals surface area contributed by atoms with Crippen molar-refractivity contribution < 1.29 is 18.7 Å². The molecule has 0 saturated heterocycles. The first-order chi connectivity index (χ1) is 11.7. The maximum absolute atomic E-state index is 12.5. The Bertz CT molecular complexity index is 913. The summed E-state index contributed by atoms with van der Waals surface area (Å²) in [4.78, 5) is 29.4. The summed E-state index contributed by atoms with van der Waals surface area (Å²) in [6.45, 7) is 1.91. The number of imidazole rings is 1. The first-order valence-corrected chi connectivity index (χ1v) is 7.68. The molecule has 7 heteroatoms. The molecule has 3 heterocycles. The monoisotopic (exact) mass is 325 g/mol. The molecule has 4 rings (SSSR count). The van der Waals surface area contributed by atoms with Crippen molar-refractivity contribution in [2.75, 3.05) is 11.9 Å². The second-order valence-electron chi connectivity index (χ2n) is 5.47. The SMILES string of the molecule is CCOC(=O)C1C(=O)Nc2nc3ccccc3n2C1c1ccco1. The lowest BCUT2D eigenvalue weighted by atomic mass is 9.94. The highest BCUT2D eigenvalue weighted by molar-refractivity contribution is 6.07. The zero-order valence-corrected chi connectivity index (χ0v) is 12.9. The van der Waals surface area contributed by atoms with E-state index < -0.39 is 23.8 Å². The summed E-state index contributed by atoms with van der Waals surface area (Å²) in [5, 5.41) is 2.70. The predicted octanol–water partition coefficient (Wildman–Crippen LogP) is 2.35. The molecular formula is C17H15N3O4. The average molecular weight is 325 g/mol. The van der Waals surface area contributed by atoms with E-state index in [0.717, 1.165) is 11.0 Å². The molecule has 2 atom stereocenters. The van der Waals surface area contributed by atoms with E-state index in [4.69, 9.17) is 9.15 Å². The Morgan fingerprint density at radius 2 is 2.17 bits per heavy atom. The second-order valence-corrected chi connectivity index (χ2v) is 5.47. The molecule has 0 aliphatic carbocycles. The van der Waals surface area contributed by atoms with Crippen LogP contribution in [0.3, 0.4) is 0 Å². The fourth-order valence-electron chi connectivity index (χ4n) is 3.11. The summed E-state index contributed by atoms with van der Waals surface area (Å²) >= 11 is 0. The number of anilines is 1. The maximum atomic E-state index is 12.5. The topological polar surface area (TPSA) is 86.4 Å². The first kappa shape index (κ1) is 14.5. The Morgan fingerprint density at radius 3 is 2.92 bits per heavy atom. The molecule has 1 amide bonds. The molecule has 0 saturated carbocycles. The molecule has 0 fully saturated rings. The smallest absolute Gasteiger partial charge is 0.321 e. The van der Waals surface area contributed by atoms with Crippen LogP contribution >= 0.6 is 0 Å². The summed E-state index contributed by atoms with van der Waals surface area (Å²) in [5.41, 5.74) is 1.54. The lowest BCUT2D eigenvalue weighted by Crippen LogP contribution is -2.43. The van der Waals surface area contributed by atoms with Gasteiger partial charge in [-0.25, -0.2) is 4.98 Å². The molecule has 2 aromatic heterocycles. The molecule has 0 spiro atoms. The number of ether oxygens (including phenoxy) is 1. The molecular weight excluding hydrogens is 310 g/mol. The van der Waals surface area contributed by atoms with E-state index in [-0.39, 0.29) is 6.61 Å². The lowest BCUT2D eigenvalue weighted by molar-refractivity contribution is -0.152. The Labute approximate surface area is 137 Å². The Morgan fingerprint density at radius 1 is 1.33 bits per heavy atom. The number of para-hydroxylation sites is 2. The molecule has 0 radical (unpaired) electrons. The molecule has 1 aliphatic rings. The third-order valence-corrected chi connectivity index (χ3v) is 4.08. The van der Waals surface area contributed by atoms with Gasteiger partial charge in [-0.2, -0.15) is 0 Å². The van der Waals surface area contributed by atoms with E-state index in [2.05, 4.69) is 10.3 Å². The van der Waals surface area contributed by atoms with E-state index in [1.807, 2.05) is 28.8 Å².